The van der Waals surface area contributed by atoms with E-state index in [0.29, 0.717) is 17.3 Å². The van der Waals surface area contributed by atoms with Crippen molar-refractivity contribution < 1.29 is 15.0 Å². The summed E-state index contributed by atoms with van der Waals surface area (Å²) in [5.74, 6) is 2.84. The largest absolute Gasteiger partial charge is 0.389 e. The van der Waals surface area contributed by atoms with Crippen LogP contribution >= 0.6 is 0 Å². The second kappa shape index (κ2) is 6.17. The summed E-state index contributed by atoms with van der Waals surface area (Å²) in [6, 6.07) is 0. The number of aliphatic hydroxyl groups is 2. The third kappa shape index (κ3) is 2.49. The standard InChI is InChI=1S/C23H36O3/c1-4-23(26)12-11-21(2)15(13-23)5-6-16-17-7-8-19(20(25)14-24)22(17,3)10-9-18(16)21/h4,15-19,24,26H,1,5-14H2,2-3H3/t15?,16-,17-,18-,19+,21-,22-,23?/m0/s1. The maximum absolute atomic E-state index is 12.3. The molecule has 0 spiro atoms. The lowest BCUT2D eigenvalue weighted by molar-refractivity contribution is -0.147. The van der Waals surface area contributed by atoms with Crippen LogP contribution in [0.5, 0.6) is 0 Å². The molecule has 0 saturated heterocycles. The van der Waals surface area contributed by atoms with Gasteiger partial charge in [-0.3, -0.25) is 4.79 Å². The molecule has 4 saturated carbocycles. The number of hydrogen-bond acceptors (Lipinski definition) is 3. The van der Waals surface area contributed by atoms with Crippen LogP contribution in [0.2, 0.25) is 0 Å². The van der Waals surface area contributed by atoms with Crippen molar-refractivity contribution in [2.24, 2.45) is 40.4 Å². The molecular weight excluding hydrogens is 324 g/mol. The van der Waals surface area contributed by atoms with Gasteiger partial charge in [0.15, 0.2) is 5.78 Å². The molecular formula is C23H36O3. The Morgan fingerprint density at radius 2 is 1.77 bits per heavy atom. The fourth-order valence-electron chi connectivity index (χ4n) is 8.10. The number of fused-ring (bicyclic) bond motifs is 5. The average molecular weight is 361 g/mol. The molecule has 4 rings (SSSR count). The second-order valence-electron chi connectivity index (χ2n) is 10.5. The van der Waals surface area contributed by atoms with Gasteiger partial charge in [0.25, 0.3) is 0 Å². The Balaban J connectivity index is 1.59. The van der Waals surface area contributed by atoms with Crippen LogP contribution in [-0.4, -0.2) is 28.2 Å². The van der Waals surface area contributed by atoms with E-state index in [1.54, 1.807) is 6.08 Å². The van der Waals surface area contributed by atoms with E-state index in [1.807, 2.05) is 0 Å². The van der Waals surface area contributed by atoms with Crippen LogP contribution in [0.4, 0.5) is 0 Å². The van der Waals surface area contributed by atoms with E-state index >= 15 is 0 Å². The molecule has 3 heteroatoms. The first-order valence-electron chi connectivity index (χ1n) is 10.8. The minimum Gasteiger partial charge on any atom is -0.389 e. The molecule has 0 aromatic rings. The van der Waals surface area contributed by atoms with E-state index < -0.39 is 5.60 Å². The molecule has 4 fully saturated rings. The topological polar surface area (TPSA) is 57.5 Å². The number of carbonyl (C=O) groups excluding carboxylic acids is 1. The quantitative estimate of drug-likeness (QED) is 0.744. The number of hydrogen-bond donors (Lipinski definition) is 2. The number of rotatable bonds is 3. The molecule has 0 aliphatic heterocycles. The van der Waals surface area contributed by atoms with Gasteiger partial charge in [0.2, 0.25) is 0 Å². The highest BCUT2D eigenvalue weighted by atomic mass is 16.3. The lowest BCUT2D eigenvalue weighted by Crippen LogP contribution is -2.55. The van der Waals surface area contributed by atoms with Gasteiger partial charge in [0.1, 0.15) is 6.61 Å². The van der Waals surface area contributed by atoms with E-state index in [2.05, 4.69) is 20.4 Å². The highest BCUT2D eigenvalue weighted by Gasteiger charge is 2.61. The van der Waals surface area contributed by atoms with Crippen molar-refractivity contribution in [1.82, 2.24) is 0 Å². The Bertz CT molecular complexity index is 600. The lowest BCUT2D eigenvalue weighted by Gasteiger charge is -2.61. The van der Waals surface area contributed by atoms with Gasteiger partial charge >= 0.3 is 0 Å². The molecule has 0 aromatic heterocycles. The Morgan fingerprint density at radius 3 is 2.46 bits per heavy atom. The third-order valence-corrected chi connectivity index (χ3v) is 9.69. The van der Waals surface area contributed by atoms with Crippen LogP contribution in [0, 0.1) is 40.4 Å². The first kappa shape index (κ1) is 18.7. The molecule has 4 aliphatic carbocycles. The Hall–Kier alpha value is -0.670. The van der Waals surface area contributed by atoms with Crippen molar-refractivity contribution >= 4 is 5.78 Å². The number of carbonyl (C=O) groups is 1. The zero-order valence-corrected chi connectivity index (χ0v) is 16.5. The molecule has 26 heavy (non-hydrogen) atoms. The van der Waals surface area contributed by atoms with Crippen molar-refractivity contribution in [1.29, 1.82) is 0 Å². The lowest BCUT2D eigenvalue weighted by atomic mass is 9.44. The Kier molecular flexibility index (Phi) is 4.43. The Morgan fingerprint density at radius 1 is 1.04 bits per heavy atom. The van der Waals surface area contributed by atoms with Crippen molar-refractivity contribution in [3.63, 3.8) is 0 Å². The number of aliphatic hydroxyl groups excluding tert-OH is 1. The van der Waals surface area contributed by atoms with E-state index in [9.17, 15) is 15.0 Å². The summed E-state index contributed by atoms with van der Waals surface area (Å²) in [6.07, 6.45) is 11.5. The summed E-state index contributed by atoms with van der Waals surface area (Å²) < 4.78 is 0. The van der Waals surface area contributed by atoms with Gasteiger partial charge in [-0.1, -0.05) is 19.9 Å². The first-order valence-corrected chi connectivity index (χ1v) is 10.8. The van der Waals surface area contributed by atoms with Gasteiger partial charge in [-0.15, -0.1) is 6.58 Å². The molecule has 0 bridgehead atoms. The van der Waals surface area contributed by atoms with Crippen LogP contribution in [0.15, 0.2) is 12.7 Å². The summed E-state index contributed by atoms with van der Waals surface area (Å²) in [4.78, 5) is 12.3. The van der Waals surface area contributed by atoms with Crippen molar-refractivity contribution in [3.05, 3.63) is 12.7 Å². The minimum absolute atomic E-state index is 0.0705. The van der Waals surface area contributed by atoms with Crippen LogP contribution in [0.3, 0.4) is 0 Å². The van der Waals surface area contributed by atoms with Crippen molar-refractivity contribution in [2.75, 3.05) is 6.61 Å². The minimum atomic E-state index is -0.661. The maximum atomic E-state index is 12.3. The highest BCUT2D eigenvalue weighted by molar-refractivity contribution is 5.83. The molecule has 0 heterocycles. The fourth-order valence-corrected chi connectivity index (χ4v) is 8.10. The number of Topliss-reactive ketones (excluding diaryl/α,β-unsaturated/α-hetero) is 1. The summed E-state index contributed by atoms with van der Waals surface area (Å²) in [5.41, 5.74) is -0.231. The molecule has 2 N–H and O–H groups in total. The molecule has 146 valence electrons. The molecule has 8 atom stereocenters. The normalized spacial score (nSPS) is 53.3. The van der Waals surface area contributed by atoms with E-state index in [-0.39, 0.29) is 23.7 Å². The summed E-state index contributed by atoms with van der Waals surface area (Å²) in [7, 11) is 0. The molecule has 3 nitrogen and oxygen atoms in total. The predicted octanol–water partition coefficient (Wildman–Crippen LogP) is 4.12. The predicted molar refractivity (Wildman–Crippen MR) is 102 cm³/mol. The molecule has 0 aromatic carbocycles. The van der Waals surface area contributed by atoms with Gasteiger partial charge in [0.05, 0.1) is 5.60 Å². The van der Waals surface area contributed by atoms with Crippen LogP contribution in [0.25, 0.3) is 0 Å². The maximum Gasteiger partial charge on any atom is 0.161 e. The van der Waals surface area contributed by atoms with Crippen molar-refractivity contribution in [3.8, 4) is 0 Å². The zero-order valence-electron chi connectivity index (χ0n) is 16.5. The molecule has 0 radical (unpaired) electrons. The highest BCUT2D eigenvalue weighted by Crippen LogP contribution is 2.68. The van der Waals surface area contributed by atoms with Gasteiger partial charge in [-0.2, -0.15) is 0 Å². The Labute approximate surface area is 158 Å². The summed E-state index contributed by atoms with van der Waals surface area (Å²) >= 11 is 0. The monoisotopic (exact) mass is 360 g/mol. The SMILES string of the molecule is C=CC1(O)CC[C@@]2(C)C(CC[C@H]3[C@@H]4CC[C@H](C(=O)CO)[C@@]4(C)CC[C@@H]32)C1. The zero-order chi connectivity index (χ0) is 18.7. The molecule has 0 amide bonds. The van der Waals surface area contributed by atoms with E-state index in [1.165, 1.54) is 19.3 Å². The smallest absolute Gasteiger partial charge is 0.161 e. The van der Waals surface area contributed by atoms with Crippen molar-refractivity contribution in [2.45, 2.75) is 77.2 Å². The molecule has 4 aliphatic rings. The molecule has 2 unspecified atom stereocenters. The number of ketones is 1. The summed E-state index contributed by atoms with van der Waals surface area (Å²) in [5, 5.41) is 20.2. The van der Waals surface area contributed by atoms with Gasteiger partial charge in [0, 0.05) is 5.92 Å². The van der Waals surface area contributed by atoms with Crippen LogP contribution < -0.4 is 0 Å². The van der Waals surface area contributed by atoms with Gasteiger partial charge in [-0.05, 0) is 92.3 Å². The van der Waals surface area contributed by atoms with Crippen LogP contribution in [-0.2, 0) is 4.79 Å². The van der Waals surface area contributed by atoms with Gasteiger partial charge < -0.3 is 10.2 Å². The first-order chi connectivity index (χ1) is 12.3. The third-order valence-electron chi connectivity index (χ3n) is 9.69. The van der Waals surface area contributed by atoms with Crippen LogP contribution in [0.1, 0.15) is 71.6 Å². The van der Waals surface area contributed by atoms with E-state index in [4.69, 9.17) is 0 Å². The van der Waals surface area contributed by atoms with Gasteiger partial charge in [-0.25, -0.2) is 0 Å². The summed E-state index contributed by atoms with van der Waals surface area (Å²) in [6.45, 7) is 8.42. The average Bonchev–Trinajstić information content (AvgIpc) is 2.99. The second-order valence-corrected chi connectivity index (χ2v) is 10.5. The van der Waals surface area contributed by atoms with E-state index in [0.717, 1.165) is 50.4 Å². The fraction of sp³-hybridized carbons (Fsp3) is 0.870.